The molecule has 1 atom stereocenters. The van der Waals surface area contributed by atoms with Crippen molar-refractivity contribution in [2.75, 3.05) is 0 Å². The van der Waals surface area contributed by atoms with Crippen LogP contribution in [-0.4, -0.2) is 10.2 Å². The van der Waals surface area contributed by atoms with E-state index in [9.17, 15) is 0 Å². The molecule has 2 aromatic carbocycles. The van der Waals surface area contributed by atoms with Gasteiger partial charge in [0.15, 0.2) is 0 Å². The summed E-state index contributed by atoms with van der Waals surface area (Å²) < 4.78 is 5.47. The lowest BCUT2D eigenvalue weighted by atomic mass is 9.91. The van der Waals surface area contributed by atoms with E-state index < -0.39 is 0 Å². The molecule has 3 nitrogen and oxygen atoms in total. The van der Waals surface area contributed by atoms with Crippen LogP contribution in [0.1, 0.15) is 42.3 Å². The van der Waals surface area contributed by atoms with E-state index in [1.807, 2.05) is 12.1 Å². The number of aromatic nitrogens is 2. The van der Waals surface area contributed by atoms with Crippen LogP contribution in [0.4, 0.5) is 0 Å². The summed E-state index contributed by atoms with van der Waals surface area (Å²) in [5.74, 6) is 1.48. The molecule has 0 fully saturated rings. The van der Waals surface area contributed by atoms with Crippen molar-refractivity contribution in [3.8, 4) is 11.5 Å². The average molecular weight is 318 g/mol. The predicted molar refractivity (Wildman–Crippen MR) is 96.9 cm³/mol. The highest BCUT2D eigenvalue weighted by atomic mass is 16.4. The Morgan fingerprint density at radius 1 is 1.00 bits per heavy atom. The first kappa shape index (κ1) is 16.2. The molecule has 24 heavy (non-hydrogen) atoms. The minimum absolute atomic E-state index is 0.336. The van der Waals surface area contributed by atoms with Gasteiger partial charge in [-0.1, -0.05) is 55.5 Å². The third-order valence-corrected chi connectivity index (χ3v) is 4.17. The van der Waals surface area contributed by atoms with Crippen molar-refractivity contribution in [2.45, 2.75) is 33.1 Å². The fraction of sp³-hybridized carbons (Fsp3) is 0.238. The number of nitrogens with zero attached hydrogens (tertiary/aromatic N) is 2. The summed E-state index contributed by atoms with van der Waals surface area (Å²) in [5, 5.41) is 7.93. The predicted octanol–water partition coefficient (Wildman–Crippen LogP) is 5.32. The van der Waals surface area contributed by atoms with Crippen molar-refractivity contribution >= 4 is 0 Å². The first-order valence-corrected chi connectivity index (χ1v) is 8.16. The van der Waals surface area contributed by atoms with E-state index in [-0.39, 0.29) is 0 Å². The Hall–Kier alpha value is -2.68. The Labute approximate surface area is 143 Å². The van der Waals surface area contributed by atoms with Gasteiger partial charge in [-0.05, 0) is 42.2 Å². The number of hydrogen-bond acceptors (Lipinski definition) is 3. The molecule has 1 heterocycles. The molecule has 0 amide bonds. The molecule has 1 unspecified atom stereocenters. The SMILES string of the molecule is C=C(C)Cc1ccc(C(C)c2ccc(-c3nnc(C)o3)cc2)cc1. The number of allylic oxidation sites excluding steroid dienone is 1. The zero-order chi connectivity index (χ0) is 17.1. The van der Waals surface area contributed by atoms with E-state index in [1.54, 1.807) is 6.92 Å². The molecule has 0 bridgehead atoms. The van der Waals surface area contributed by atoms with Crippen molar-refractivity contribution in [2.24, 2.45) is 0 Å². The number of hydrogen-bond donors (Lipinski definition) is 0. The molecule has 3 aromatic rings. The van der Waals surface area contributed by atoms with Gasteiger partial charge in [0, 0.05) is 18.4 Å². The summed E-state index contributed by atoms with van der Waals surface area (Å²) in [6.45, 7) is 10.0. The van der Waals surface area contributed by atoms with Crippen molar-refractivity contribution in [1.29, 1.82) is 0 Å². The van der Waals surface area contributed by atoms with Crippen LogP contribution < -0.4 is 0 Å². The van der Waals surface area contributed by atoms with E-state index in [2.05, 4.69) is 67.0 Å². The summed E-state index contributed by atoms with van der Waals surface area (Å²) in [6.07, 6.45) is 0.937. The van der Waals surface area contributed by atoms with E-state index in [4.69, 9.17) is 4.42 Å². The fourth-order valence-electron chi connectivity index (χ4n) is 2.79. The zero-order valence-corrected chi connectivity index (χ0v) is 14.4. The van der Waals surface area contributed by atoms with Crippen LogP contribution in [-0.2, 0) is 6.42 Å². The number of rotatable bonds is 5. The summed E-state index contributed by atoms with van der Waals surface area (Å²) in [6, 6.07) is 17.1. The minimum Gasteiger partial charge on any atom is -0.421 e. The standard InChI is InChI=1S/C21H22N2O/c1-14(2)13-17-5-7-18(8-6-17)15(3)19-9-11-20(12-10-19)21-23-22-16(4)24-21/h5-12,15H,1,13H2,2-4H3. The molecule has 0 aliphatic carbocycles. The highest BCUT2D eigenvalue weighted by Gasteiger charge is 2.10. The summed E-state index contributed by atoms with van der Waals surface area (Å²) in [4.78, 5) is 0. The van der Waals surface area contributed by atoms with Gasteiger partial charge < -0.3 is 4.42 Å². The van der Waals surface area contributed by atoms with Crippen molar-refractivity contribution in [3.63, 3.8) is 0 Å². The lowest BCUT2D eigenvalue weighted by Crippen LogP contribution is -1.97. The average Bonchev–Trinajstić information content (AvgIpc) is 3.01. The fourth-order valence-corrected chi connectivity index (χ4v) is 2.79. The van der Waals surface area contributed by atoms with Crippen LogP contribution in [0.25, 0.3) is 11.5 Å². The van der Waals surface area contributed by atoms with Gasteiger partial charge in [-0.2, -0.15) is 0 Å². The molecule has 0 radical (unpaired) electrons. The largest absolute Gasteiger partial charge is 0.421 e. The number of benzene rings is 2. The van der Waals surface area contributed by atoms with Crippen molar-refractivity contribution < 1.29 is 4.42 Å². The molecular formula is C21H22N2O. The van der Waals surface area contributed by atoms with E-state index in [1.165, 1.54) is 22.3 Å². The molecule has 0 aliphatic rings. The Morgan fingerprint density at radius 2 is 1.58 bits per heavy atom. The van der Waals surface area contributed by atoms with Gasteiger partial charge in [-0.15, -0.1) is 10.2 Å². The van der Waals surface area contributed by atoms with Gasteiger partial charge in [0.25, 0.3) is 0 Å². The second-order valence-electron chi connectivity index (χ2n) is 6.35. The maximum absolute atomic E-state index is 5.47. The molecule has 0 saturated carbocycles. The van der Waals surface area contributed by atoms with E-state index >= 15 is 0 Å². The van der Waals surface area contributed by atoms with Gasteiger partial charge in [0.2, 0.25) is 11.8 Å². The third kappa shape index (κ3) is 3.62. The molecule has 3 heteroatoms. The molecule has 122 valence electrons. The van der Waals surface area contributed by atoms with Gasteiger partial charge >= 0.3 is 0 Å². The molecule has 0 aliphatic heterocycles. The monoisotopic (exact) mass is 318 g/mol. The molecule has 0 N–H and O–H groups in total. The number of aryl methyl sites for hydroxylation is 1. The Morgan fingerprint density at radius 3 is 2.08 bits per heavy atom. The molecular weight excluding hydrogens is 296 g/mol. The first-order valence-electron chi connectivity index (χ1n) is 8.16. The minimum atomic E-state index is 0.336. The molecule has 0 spiro atoms. The summed E-state index contributed by atoms with van der Waals surface area (Å²) in [5.41, 5.74) is 6.01. The Bertz CT molecular complexity index is 829. The van der Waals surface area contributed by atoms with Crippen molar-refractivity contribution in [1.82, 2.24) is 10.2 Å². The smallest absolute Gasteiger partial charge is 0.247 e. The second kappa shape index (κ2) is 6.83. The van der Waals surface area contributed by atoms with Gasteiger partial charge in [-0.3, -0.25) is 0 Å². The lowest BCUT2D eigenvalue weighted by molar-refractivity contribution is 0.533. The summed E-state index contributed by atoms with van der Waals surface area (Å²) in [7, 11) is 0. The normalized spacial score (nSPS) is 12.1. The Kier molecular flexibility index (Phi) is 4.61. The second-order valence-corrected chi connectivity index (χ2v) is 6.35. The molecule has 1 aromatic heterocycles. The van der Waals surface area contributed by atoms with E-state index in [0.717, 1.165) is 12.0 Å². The topological polar surface area (TPSA) is 38.9 Å². The van der Waals surface area contributed by atoms with Gasteiger partial charge in [0.05, 0.1) is 0 Å². The van der Waals surface area contributed by atoms with Crippen molar-refractivity contribution in [3.05, 3.63) is 83.3 Å². The maximum Gasteiger partial charge on any atom is 0.247 e. The maximum atomic E-state index is 5.47. The van der Waals surface area contributed by atoms with Crippen LogP contribution in [0.15, 0.2) is 65.1 Å². The van der Waals surface area contributed by atoms with E-state index in [0.29, 0.717) is 17.7 Å². The highest BCUT2D eigenvalue weighted by Crippen LogP contribution is 2.27. The van der Waals surface area contributed by atoms with Crippen LogP contribution in [0, 0.1) is 6.92 Å². The highest BCUT2D eigenvalue weighted by molar-refractivity contribution is 5.53. The van der Waals surface area contributed by atoms with Gasteiger partial charge in [0.1, 0.15) is 0 Å². The van der Waals surface area contributed by atoms with Crippen LogP contribution in [0.2, 0.25) is 0 Å². The lowest BCUT2D eigenvalue weighted by Gasteiger charge is -2.13. The van der Waals surface area contributed by atoms with Crippen LogP contribution in [0.3, 0.4) is 0 Å². The first-order chi connectivity index (χ1) is 11.5. The quantitative estimate of drug-likeness (QED) is 0.598. The summed E-state index contributed by atoms with van der Waals surface area (Å²) >= 11 is 0. The Balaban J connectivity index is 1.77. The third-order valence-electron chi connectivity index (χ3n) is 4.17. The van der Waals surface area contributed by atoms with Crippen LogP contribution in [0.5, 0.6) is 0 Å². The van der Waals surface area contributed by atoms with Crippen LogP contribution >= 0.6 is 0 Å². The van der Waals surface area contributed by atoms with Gasteiger partial charge in [-0.25, -0.2) is 0 Å². The zero-order valence-electron chi connectivity index (χ0n) is 14.4. The molecule has 3 rings (SSSR count). The molecule has 0 saturated heterocycles.